The standard InChI is InChI=1S/C8H13N3O7S/c9-6(8(13)14)3-19(17,18)4-7(12)10-1-5(2-10)11(15)16/h5-6H,1-4,9H2,(H,13,14). The molecule has 0 radical (unpaired) electrons. The lowest BCUT2D eigenvalue weighted by atomic mass is 10.1. The first-order chi connectivity index (χ1) is 8.62. The molecular weight excluding hydrogens is 282 g/mol. The van der Waals surface area contributed by atoms with Crippen molar-refractivity contribution >= 4 is 21.7 Å². The van der Waals surface area contributed by atoms with Crippen LogP contribution in [0.15, 0.2) is 0 Å². The van der Waals surface area contributed by atoms with Gasteiger partial charge in [0, 0.05) is 4.92 Å². The Morgan fingerprint density at radius 2 is 2.00 bits per heavy atom. The SMILES string of the molecule is NC(CS(=O)(=O)CC(=O)N1CC([N+](=O)[O-])C1)C(=O)O. The molecule has 19 heavy (non-hydrogen) atoms. The number of hydrogen-bond acceptors (Lipinski definition) is 7. The molecule has 108 valence electrons. The predicted molar refractivity (Wildman–Crippen MR) is 61.6 cm³/mol. The zero-order valence-corrected chi connectivity index (χ0v) is 10.6. The van der Waals surface area contributed by atoms with Crippen molar-refractivity contribution in [3.63, 3.8) is 0 Å². The van der Waals surface area contributed by atoms with Crippen molar-refractivity contribution in [2.45, 2.75) is 12.1 Å². The number of sulfone groups is 1. The summed E-state index contributed by atoms with van der Waals surface area (Å²) in [6.07, 6.45) is 0. The number of rotatable bonds is 6. The van der Waals surface area contributed by atoms with Gasteiger partial charge in [0.2, 0.25) is 11.9 Å². The Kier molecular flexibility index (Phi) is 4.42. The Morgan fingerprint density at radius 3 is 2.42 bits per heavy atom. The van der Waals surface area contributed by atoms with Gasteiger partial charge in [0.05, 0.1) is 18.8 Å². The summed E-state index contributed by atoms with van der Waals surface area (Å²) in [5.74, 6) is -4.00. The largest absolute Gasteiger partial charge is 0.480 e. The third kappa shape index (κ3) is 4.13. The molecule has 0 aromatic heterocycles. The van der Waals surface area contributed by atoms with Gasteiger partial charge in [-0.1, -0.05) is 0 Å². The van der Waals surface area contributed by atoms with E-state index < -0.39 is 50.2 Å². The van der Waals surface area contributed by atoms with Gasteiger partial charge in [-0.2, -0.15) is 0 Å². The Labute approximate surface area is 108 Å². The van der Waals surface area contributed by atoms with Gasteiger partial charge in [0.1, 0.15) is 11.8 Å². The zero-order valence-electron chi connectivity index (χ0n) is 9.76. The number of carbonyl (C=O) groups excluding carboxylic acids is 1. The van der Waals surface area contributed by atoms with Crippen molar-refractivity contribution in [3.8, 4) is 0 Å². The lowest BCUT2D eigenvalue weighted by Crippen LogP contribution is -2.58. The molecule has 0 spiro atoms. The molecule has 1 saturated heterocycles. The molecule has 1 aliphatic heterocycles. The van der Waals surface area contributed by atoms with E-state index in [-0.39, 0.29) is 13.1 Å². The van der Waals surface area contributed by atoms with Gasteiger partial charge in [-0.3, -0.25) is 19.7 Å². The topological polar surface area (TPSA) is 161 Å². The second-order valence-electron chi connectivity index (χ2n) is 4.24. The number of carboxylic acids is 1. The first-order valence-electron chi connectivity index (χ1n) is 5.22. The van der Waals surface area contributed by atoms with Crippen molar-refractivity contribution in [3.05, 3.63) is 10.1 Å². The summed E-state index contributed by atoms with van der Waals surface area (Å²) in [7, 11) is -3.95. The number of nitro groups is 1. The normalized spacial score (nSPS) is 17.6. The molecule has 1 amide bonds. The molecular formula is C8H13N3O7S. The van der Waals surface area contributed by atoms with Crippen LogP contribution in [0.4, 0.5) is 0 Å². The van der Waals surface area contributed by atoms with E-state index in [1.807, 2.05) is 0 Å². The maximum absolute atomic E-state index is 11.5. The first-order valence-corrected chi connectivity index (χ1v) is 7.04. The van der Waals surface area contributed by atoms with Crippen molar-refractivity contribution < 1.29 is 28.0 Å². The summed E-state index contributed by atoms with van der Waals surface area (Å²) in [5, 5.41) is 18.8. The third-order valence-corrected chi connectivity index (χ3v) is 4.16. The van der Waals surface area contributed by atoms with Crippen LogP contribution in [0.1, 0.15) is 0 Å². The molecule has 1 heterocycles. The van der Waals surface area contributed by atoms with E-state index >= 15 is 0 Å². The van der Waals surface area contributed by atoms with Crippen molar-refractivity contribution in [1.29, 1.82) is 0 Å². The minimum atomic E-state index is -3.95. The fourth-order valence-electron chi connectivity index (χ4n) is 1.48. The van der Waals surface area contributed by atoms with Crippen LogP contribution in [-0.4, -0.2) is 71.9 Å². The maximum Gasteiger partial charge on any atom is 0.321 e. The van der Waals surface area contributed by atoms with Crippen molar-refractivity contribution in [2.24, 2.45) is 5.73 Å². The molecule has 1 aliphatic rings. The average molecular weight is 295 g/mol. The summed E-state index contributed by atoms with van der Waals surface area (Å²) >= 11 is 0. The van der Waals surface area contributed by atoms with E-state index in [1.165, 1.54) is 0 Å². The number of amides is 1. The van der Waals surface area contributed by atoms with Gasteiger partial charge in [-0.15, -0.1) is 0 Å². The van der Waals surface area contributed by atoms with Crippen molar-refractivity contribution in [1.82, 2.24) is 4.90 Å². The Balaban J connectivity index is 2.49. The highest BCUT2D eigenvalue weighted by atomic mass is 32.2. The molecule has 10 nitrogen and oxygen atoms in total. The molecule has 0 aromatic carbocycles. The number of likely N-dealkylation sites (tertiary alicyclic amines) is 1. The zero-order chi connectivity index (χ0) is 14.8. The first kappa shape index (κ1) is 15.3. The molecule has 0 bridgehead atoms. The van der Waals surface area contributed by atoms with E-state index in [9.17, 15) is 28.1 Å². The quantitative estimate of drug-likeness (QED) is 0.395. The lowest BCUT2D eigenvalue weighted by molar-refractivity contribution is -0.536. The molecule has 1 unspecified atom stereocenters. The minimum absolute atomic E-state index is 0.133. The van der Waals surface area contributed by atoms with Gasteiger partial charge in [-0.25, -0.2) is 8.42 Å². The molecule has 11 heteroatoms. The summed E-state index contributed by atoms with van der Waals surface area (Å²) in [5.41, 5.74) is 5.07. The van der Waals surface area contributed by atoms with Crippen LogP contribution < -0.4 is 5.73 Å². The number of nitrogens with zero attached hydrogens (tertiary/aromatic N) is 2. The van der Waals surface area contributed by atoms with Gasteiger partial charge >= 0.3 is 5.97 Å². The highest BCUT2D eigenvalue weighted by molar-refractivity contribution is 7.92. The number of carboxylic acid groups (broad SMARTS) is 1. The fraction of sp³-hybridized carbons (Fsp3) is 0.750. The summed E-state index contributed by atoms with van der Waals surface area (Å²) in [6.45, 7) is -0.265. The molecule has 1 atom stereocenters. The highest BCUT2D eigenvalue weighted by Gasteiger charge is 2.40. The second kappa shape index (κ2) is 5.48. The van der Waals surface area contributed by atoms with Crippen molar-refractivity contribution in [2.75, 3.05) is 24.6 Å². The summed E-state index contributed by atoms with van der Waals surface area (Å²) < 4.78 is 23.0. The van der Waals surface area contributed by atoms with Crippen LogP contribution in [0.25, 0.3) is 0 Å². The monoisotopic (exact) mass is 295 g/mol. The Morgan fingerprint density at radius 1 is 1.47 bits per heavy atom. The van der Waals surface area contributed by atoms with Gasteiger partial charge < -0.3 is 15.7 Å². The molecule has 0 saturated carbocycles. The van der Waals surface area contributed by atoms with Crippen LogP contribution in [0.2, 0.25) is 0 Å². The van der Waals surface area contributed by atoms with E-state index in [1.54, 1.807) is 0 Å². The summed E-state index contributed by atoms with van der Waals surface area (Å²) in [4.78, 5) is 32.7. The van der Waals surface area contributed by atoms with Crippen LogP contribution in [0, 0.1) is 10.1 Å². The van der Waals surface area contributed by atoms with E-state index in [2.05, 4.69) is 0 Å². The molecule has 0 aromatic rings. The Bertz CT molecular complexity index is 496. The molecule has 1 fully saturated rings. The fourth-order valence-corrected chi connectivity index (χ4v) is 2.84. The van der Waals surface area contributed by atoms with E-state index in [4.69, 9.17) is 10.8 Å². The van der Waals surface area contributed by atoms with Gasteiger partial charge in [0.15, 0.2) is 9.84 Å². The molecule has 0 aliphatic carbocycles. The number of carbonyl (C=O) groups is 2. The maximum atomic E-state index is 11.5. The van der Waals surface area contributed by atoms with Gasteiger partial charge in [-0.05, 0) is 0 Å². The molecule has 1 rings (SSSR count). The third-order valence-electron chi connectivity index (χ3n) is 2.61. The smallest absolute Gasteiger partial charge is 0.321 e. The predicted octanol–water partition coefficient (Wildman–Crippen LogP) is -2.70. The average Bonchev–Trinajstić information content (AvgIpc) is 2.11. The highest BCUT2D eigenvalue weighted by Crippen LogP contribution is 2.12. The summed E-state index contributed by atoms with van der Waals surface area (Å²) in [6, 6.07) is -2.46. The van der Waals surface area contributed by atoms with Crippen LogP contribution in [-0.2, 0) is 19.4 Å². The van der Waals surface area contributed by atoms with Crippen LogP contribution in [0.3, 0.4) is 0 Å². The van der Waals surface area contributed by atoms with E-state index in [0.717, 1.165) is 4.90 Å². The molecule has 3 N–H and O–H groups in total. The Hall–Kier alpha value is -1.75. The second-order valence-corrected chi connectivity index (χ2v) is 6.35. The lowest BCUT2D eigenvalue weighted by Gasteiger charge is -2.33. The number of aliphatic carboxylic acids is 1. The minimum Gasteiger partial charge on any atom is -0.480 e. The van der Waals surface area contributed by atoms with Crippen LogP contribution >= 0.6 is 0 Å². The van der Waals surface area contributed by atoms with Crippen LogP contribution in [0.5, 0.6) is 0 Å². The number of hydrogen-bond donors (Lipinski definition) is 2. The van der Waals surface area contributed by atoms with Gasteiger partial charge in [0.25, 0.3) is 0 Å². The number of nitrogens with two attached hydrogens (primary N) is 1. The van der Waals surface area contributed by atoms with E-state index in [0.29, 0.717) is 0 Å².